The topological polar surface area (TPSA) is 72.0 Å². The van der Waals surface area contributed by atoms with Crippen molar-refractivity contribution in [3.8, 4) is 11.3 Å². The highest BCUT2D eigenvalue weighted by Gasteiger charge is 2.30. The van der Waals surface area contributed by atoms with Crippen LogP contribution in [0.5, 0.6) is 0 Å². The fraction of sp³-hybridized carbons (Fsp3) is 0.118. The number of carbonyl (C=O) groups is 1. The Morgan fingerprint density at radius 2 is 1.80 bits per heavy atom. The maximum atomic E-state index is 12.6. The van der Waals surface area contributed by atoms with Crippen LogP contribution >= 0.6 is 0 Å². The van der Waals surface area contributed by atoms with Crippen LogP contribution in [0, 0.1) is 0 Å². The summed E-state index contributed by atoms with van der Waals surface area (Å²) in [4.78, 5) is 30.5. The van der Waals surface area contributed by atoms with E-state index in [2.05, 4.69) is 14.7 Å². The van der Waals surface area contributed by atoms with Crippen molar-refractivity contribution >= 4 is 17.0 Å². The van der Waals surface area contributed by atoms with Crippen molar-refractivity contribution in [2.75, 3.05) is 7.11 Å². The minimum atomic E-state index is -4.45. The Morgan fingerprint density at radius 3 is 2.40 bits per heavy atom. The number of aromatic amines is 1. The van der Waals surface area contributed by atoms with Gasteiger partial charge in [-0.25, -0.2) is 9.78 Å². The number of aromatic nitrogens is 2. The molecule has 0 fully saturated rings. The number of rotatable bonds is 2. The molecule has 5 nitrogen and oxygen atoms in total. The van der Waals surface area contributed by atoms with Crippen molar-refractivity contribution in [1.29, 1.82) is 0 Å². The number of H-pyrrole nitrogens is 1. The molecule has 0 saturated heterocycles. The minimum Gasteiger partial charge on any atom is -0.465 e. The van der Waals surface area contributed by atoms with Crippen LogP contribution in [0.15, 0.2) is 47.3 Å². The first kappa shape index (κ1) is 16.7. The zero-order valence-corrected chi connectivity index (χ0v) is 12.8. The monoisotopic (exact) mass is 348 g/mol. The number of halogens is 3. The molecule has 0 saturated carbocycles. The summed E-state index contributed by atoms with van der Waals surface area (Å²) in [6.45, 7) is 0. The molecule has 1 heterocycles. The third kappa shape index (κ3) is 3.23. The molecule has 0 aliphatic heterocycles. The Morgan fingerprint density at radius 1 is 1.12 bits per heavy atom. The molecule has 1 aromatic heterocycles. The zero-order valence-electron chi connectivity index (χ0n) is 12.8. The summed E-state index contributed by atoms with van der Waals surface area (Å²) in [5.74, 6) is -0.561. The highest BCUT2D eigenvalue weighted by atomic mass is 19.4. The number of alkyl halides is 3. The average Bonchev–Trinajstić information content (AvgIpc) is 2.59. The molecule has 3 rings (SSSR count). The van der Waals surface area contributed by atoms with Crippen LogP contribution < -0.4 is 5.56 Å². The van der Waals surface area contributed by atoms with E-state index >= 15 is 0 Å². The smallest absolute Gasteiger partial charge is 0.416 e. The van der Waals surface area contributed by atoms with E-state index in [0.717, 1.165) is 12.1 Å². The fourth-order valence-corrected chi connectivity index (χ4v) is 2.34. The Bertz CT molecular complexity index is 1010. The lowest BCUT2D eigenvalue weighted by Crippen LogP contribution is -2.12. The Kier molecular flexibility index (Phi) is 4.03. The molecule has 0 atom stereocenters. The summed E-state index contributed by atoms with van der Waals surface area (Å²) in [6.07, 6.45) is -4.45. The average molecular weight is 348 g/mol. The molecular formula is C17H11F3N2O3. The molecule has 2 aromatic carbocycles. The standard InChI is InChI=1S/C17H11F3N2O3/c1-25-16(24)10-4-7-12-13(8-10)22-15(23)14(21-12)9-2-5-11(6-3-9)17(18,19)20/h2-8H,1H3,(H,22,23). The maximum absolute atomic E-state index is 12.6. The normalized spacial score (nSPS) is 11.5. The molecule has 0 amide bonds. The lowest BCUT2D eigenvalue weighted by Gasteiger charge is -2.08. The van der Waals surface area contributed by atoms with Crippen LogP contribution in [0.4, 0.5) is 13.2 Å². The van der Waals surface area contributed by atoms with E-state index in [1.807, 2.05) is 0 Å². The first-order valence-corrected chi connectivity index (χ1v) is 7.09. The van der Waals surface area contributed by atoms with E-state index in [1.54, 1.807) is 0 Å². The summed E-state index contributed by atoms with van der Waals surface area (Å²) < 4.78 is 42.5. The third-order valence-corrected chi connectivity index (χ3v) is 3.60. The Labute approximate surface area is 139 Å². The molecule has 3 aromatic rings. The molecule has 128 valence electrons. The number of hydrogen-bond acceptors (Lipinski definition) is 4. The van der Waals surface area contributed by atoms with Gasteiger partial charge in [-0.3, -0.25) is 4.79 Å². The number of hydrogen-bond donors (Lipinski definition) is 1. The van der Waals surface area contributed by atoms with Crippen molar-refractivity contribution in [2.24, 2.45) is 0 Å². The zero-order chi connectivity index (χ0) is 18.2. The third-order valence-electron chi connectivity index (χ3n) is 3.60. The summed E-state index contributed by atoms with van der Waals surface area (Å²) >= 11 is 0. The van der Waals surface area contributed by atoms with Gasteiger partial charge in [0.1, 0.15) is 5.69 Å². The second kappa shape index (κ2) is 6.04. The molecule has 0 radical (unpaired) electrons. The summed E-state index contributed by atoms with van der Waals surface area (Å²) in [7, 11) is 1.24. The van der Waals surface area contributed by atoms with E-state index in [1.165, 1.54) is 37.4 Å². The quantitative estimate of drug-likeness (QED) is 0.721. The van der Waals surface area contributed by atoms with Crippen LogP contribution in [-0.4, -0.2) is 23.0 Å². The summed E-state index contributed by atoms with van der Waals surface area (Å²) in [5, 5.41) is 0. The number of carbonyl (C=O) groups excluding carboxylic acids is 1. The highest BCUT2D eigenvalue weighted by molar-refractivity contribution is 5.93. The van der Waals surface area contributed by atoms with Crippen molar-refractivity contribution in [1.82, 2.24) is 9.97 Å². The van der Waals surface area contributed by atoms with Gasteiger partial charge in [-0.1, -0.05) is 12.1 Å². The van der Waals surface area contributed by atoms with Crippen LogP contribution in [0.3, 0.4) is 0 Å². The number of nitrogens with zero attached hydrogens (tertiary/aromatic N) is 1. The molecule has 0 unspecified atom stereocenters. The molecule has 0 spiro atoms. The van der Waals surface area contributed by atoms with Gasteiger partial charge in [0.05, 0.1) is 29.3 Å². The number of fused-ring (bicyclic) bond motifs is 1. The number of benzene rings is 2. The van der Waals surface area contributed by atoms with Gasteiger partial charge in [0.15, 0.2) is 0 Å². The predicted molar refractivity (Wildman–Crippen MR) is 84.1 cm³/mol. The second-order valence-corrected chi connectivity index (χ2v) is 5.21. The number of ether oxygens (including phenoxy) is 1. The number of methoxy groups -OCH3 is 1. The lowest BCUT2D eigenvalue weighted by atomic mass is 10.1. The second-order valence-electron chi connectivity index (χ2n) is 5.21. The van der Waals surface area contributed by atoms with Crippen LogP contribution in [-0.2, 0) is 10.9 Å². The largest absolute Gasteiger partial charge is 0.465 e. The Balaban J connectivity index is 2.07. The fourth-order valence-electron chi connectivity index (χ4n) is 2.34. The Hall–Kier alpha value is -3.16. The number of nitrogens with one attached hydrogen (secondary N) is 1. The molecular weight excluding hydrogens is 337 g/mol. The van der Waals surface area contributed by atoms with Crippen LogP contribution in [0.2, 0.25) is 0 Å². The first-order chi connectivity index (χ1) is 11.8. The van der Waals surface area contributed by atoms with E-state index in [0.29, 0.717) is 11.0 Å². The molecule has 0 aliphatic rings. The van der Waals surface area contributed by atoms with Gasteiger partial charge in [0.2, 0.25) is 0 Å². The summed E-state index contributed by atoms with van der Waals surface area (Å²) in [5.41, 5.74) is -0.175. The van der Waals surface area contributed by atoms with Gasteiger partial charge < -0.3 is 9.72 Å². The van der Waals surface area contributed by atoms with Crippen molar-refractivity contribution in [3.05, 3.63) is 63.9 Å². The van der Waals surface area contributed by atoms with Gasteiger partial charge in [-0.05, 0) is 30.3 Å². The number of esters is 1. The molecule has 0 bridgehead atoms. The van der Waals surface area contributed by atoms with Gasteiger partial charge in [0, 0.05) is 5.56 Å². The van der Waals surface area contributed by atoms with Crippen molar-refractivity contribution < 1.29 is 22.7 Å². The molecule has 8 heteroatoms. The first-order valence-electron chi connectivity index (χ1n) is 7.09. The van der Waals surface area contributed by atoms with Gasteiger partial charge in [-0.2, -0.15) is 13.2 Å². The van der Waals surface area contributed by atoms with Crippen LogP contribution in [0.1, 0.15) is 15.9 Å². The molecule has 0 aliphatic carbocycles. The lowest BCUT2D eigenvalue weighted by molar-refractivity contribution is -0.137. The van der Waals surface area contributed by atoms with Crippen molar-refractivity contribution in [3.63, 3.8) is 0 Å². The van der Waals surface area contributed by atoms with E-state index < -0.39 is 23.3 Å². The molecule has 25 heavy (non-hydrogen) atoms. The van der Waals surface area contributed by atoms with Gasteiger partial charge >= 0.3 is 12.1 Å². The minimum absolute atomic E-state index is 0.00737. The van der Waals surface area contributed by atoms with E-state index in [9.17, 15) is 22.8 Å². The van der Waals surface area contributed by atoms with Crippen LogP contribution in [0.25, 0.3) is 22.3 Å². The van der Waals surface area contributed by atoms with E-state index in [4.69, 9.17) is 0 Å². The summed E-state index contributed by atoms with van der Waals surface area (Å²) in [6, 6.07) is 8.58. The van der Waals surface area contributed by atoms with Gasteiger partial charge in [-0.15, -0.1) is 0 Å². The predicted octanol–water partition coefficient (Wildman–Crippen LogP) is 3.40. The van der Waals surface area contributed by atoms with Gasteiger partial charge in [0.25, 0.3) is 5.56 Å². The van der Waals surface area contributed by atoms with Crippen molar-refractivity contribution in [2.45, 2.75) is 6.18 Å². The molecule has 1 N–H and O–H groups in total. The highest BCUT2D eigenvalue weighted by Crippen LogP contribution is 2.30. The van der Waals surface area contributed by atoms with E-state index in [-0.39, 0.29) is 16.8 Å². The maximum Gasteiger partial charge on any atom is 0.416 e. The SMILES string of the molecule is COC(=O)c1ccc2nc(-c3ccc(C(F)(F)F)cc3)c(=O)[nH]c2c1.